The average molecular weight is 238 g/mol. The largest absolute Gasteiger partial charge is 0.310 e. The molecule has 1 fully saturated rings. The van der Waals surface area contributed by atoms with Gasteiger partial charge in [-0.25, -0.2) is 0 Å². The molecule has 0 saturated heterocycles. The van der Waals surface area contributed by atoms with Crippen LogP contribution in [-0.4, -0.2) is 6.04 Å². The standard InChI is InChI=1S/C14H20ClN/c1-10(2)7-11-3-4-12(14(15)8-11)9-16-13-5-6-13/h3-4,8,10,13,16H,5-7,9H2,1-2H3. The minimum atomic E-state index is 0.687. The van der Waals surface area contributed by atoms with Crippen LogP contribution < -0.4 is 5.32 Å². The summed E-state index contributed by atoms with van der Waals surface area (Å²) in [6.07, 6.45) is 3.75. The third-order valence-electron chi connectivity index (χ3n) is 2.92. The molecule has 1 nitrogen and oxygen atoms in total. The number of nitrogens with one attached hydrogen (secondary N) is 1. The first kappa shape index (κ1) is 11.9. The van der Waals surface area contributed by atoms with Crippen molar-refractivity contribution >= 4 is 11.6 Å². The molecular formula is C14H20ClN. The van der Waals surface area contributed by atoms with E-state index in [0.29, 0.717) is 5.92 Å². The van der Waals surface area contributed by atoms with Gasteiger partial charge in [-0.3, -0.25) is 0 Å². The van der Waals surface area contributed by atoms with Crippen LogP contribution in [0, 0.1) is 5.92 Å². The van der Waals surface area contributed by atoms with Crippen molar-refractivity contribution in [2.24, 2.45) is 5.92 Å². The fourth-order valence-electron chi connectivity index (χ4n) is 1.87. The molecule has 1 N–H and O–H groups in total. The average Bonchev–Trinajstić information content (AvgIpc) is 2.99. The third-order valence-corrected chi connectivity index (χ3v) is 3.27. The molecule has 2 heteroatoms. The highest BCUT2D eigenvalue weighted by atomic mass is 35.5. The quantitative estimate of drug-likeness (QED) is 0.822. The van der Waals surface area contributed by atoms with Crippen LogP contribution in [0.3, 0.4) is 0 Å². The van der Waals surface area contributed by atoms with Gasteiger partial charge in [0.05, 0.1) is 0 Å². The summed E-state index contributed by atoms with van der Waals surface area (Å²) in [5.41, 5.74) is 2.57. The summed E-state index contributed by atoms with van der Waals surface area (Å²) in [4.78, 5) is 0. The topological polar surface area (TPSA) is 12.0 Å². The number of hydrogen-bond donors (Lipinski definition) is 1. The molecule has 0 aliphatic heterocycles. The molecule has 0 aromatic heterocycles. The summed E-state index contributed by atoms with van der Waals surface area (Å²) in [6, 6.07) is 7.22. The minimum absolute atomic E-state index is 0.687. The first-order valence-electron chi connectivity index (χ1n) is 6.16. The molecular weight excluding hydrogens is 218 g/mol. The van der Waals surface area contributed by atoms with E-state index in [1.807, 2.05) is 0 Å². The van der Waals surface area contributed by atoms with Gasteiger partial charge in [0.1, 0.15) is 0 Å². The smallest absolute Gasteiger partial charge is 0.0453 e. The van der Waals surface area contributed by atoms with Crippen molar-refractivity contribution in [3.8, 4) is 0 Å². The monoisotopic (exact) mass is 237 g/mol. The second-order valence-corrected chi connectivity index (χ2v) is 5.59. The highest BCUT2D eigenvalue weighted by molar-refractivity contribution is 6.31. The van der Waals surface area contributed by atoms with Crippen molar-refractivity contribution in [2.45, 2.75) is 45.7 Å². The third kappa shape index (κ3) is 3.50. The predicted octanol–water partition coefficient (Wildman–Crippen LogP) is 3.79. The van der Waals surface area contributed by atoms with Gasteiger partial charge in [0.25, 0.3) is 0 Å². The Kier molecular flexibility index (Phi) is 3.88. The van der Waals surface area contributed by atoms with E-state index in [4.69, 9.17) is 11.6 Å². The molecule has 0 spiro atoms. The van der Waals surface area contributed by atoms with Gasteiger partial charge >= 0.3 is 0 Å². The van der Waals surface area contributed by atoms with Crippen LogP contribution in [0.2, 0.25) is 5.02 Å². The lowest BCUT2D eigenvalue weighted by atomic mass is 10.0. The number of rotatable bonds is 5. The maximum atomic E-state index is 6.28. The van der Waals surface area contributed by atoms with Crippen LogP contribution in [0.5, 0.6) is 0 Å². The molecule has 0 heterocycles. The van der Waals surface area contributed by atoms with Crippen LogP contribution in [0.25, 0.3) is 0 Å². The van der Waals surface area contributed by atoms with E-state index in [2.05, 4.69) is 37.4 Å². The Morgan fingerprint density at radius 2 is 2.12 bits per heavy atom. The van der Waals surface area contributed by atoms with Crippen LogP contribution in [-0.2, 0) is 13.0 Å². The Hall–Kier alpha value is -0.530. The molecule has 0 radical (unpaired) electrons. The Morgan fingerprint density at radius 1 is 1.38 bits per heavy atom. The van der Waals surface area contributed by atoms with Crippen molar-refractivity contribution in [1.29, 1.82) is 0 Å². The van der Waals surface area contributed by atoms with Gasteiger partial charge in [0, 0.05) is 17.6 Å². The zero-order chi connectivity index (χ0) is 11.5. The van der Waals surface area contributed by atoms with E-state index < -0.39 is 0 Å². The molecule has 0 atom stereocenters. The number of benzene rings is 1. The zero-order valence-electron chi connectivity index (χ0n) is 10.1. The van der Waals surface area contributed by atoms with E-state index in [0.717, 1.165) is 24.0 Å². The van der Waals surface area contributed by atoms with Gasteiger partial charge in [-0.2, -0.15) is 0 Å². The fraction of sp³-hybridized carbons (Fsp3) is 0.571. The number of hydrogen-bond acceptors (Lipinski definition) is 1. The maximum absolute atomic E-state index is 6.28. The molecule has 1 aliphatic rings. The highest BCUT2D eigenvalue weighted by Gasteiger charge is 2.20. The molecule has 0 bridgehead atoms. The van der Waals surface area contributed by atoms with Gasteiger partial charge in [-0.15, -0.1) is 0 Å². The normalized spacial score (nSPS) is 15.8. The molecule has 0 amide bonds. The van der Waals surface area contributed by atoms with Crippen LogP contribution in [0.4, 0.5) is 0 Å². The first-order valence-corrected chi connectivity index (χ1v) is 6.53. The van der Waals surface area contributed by atoms with Crippen LogP contribution >= 0.6 is 11.6 Å². The highest BCUT2D eigenvalue weighted by Crippen LogP contribution is 2.23. The summed E-state index contributed by atoms with van der Waals surface area (Å²) in [6.45, 7) is 5.37. The SMILES string of the molecule is CC(C)Cc1ccc(CNC2CC2)c(Cl)c1. The van der Waals surface area contributed by atoms with E-state index >= 15 is 0 Å². The molecule has 2 rings (SSSR count). The van der Waals surface area contributed by atoms with E-state index in [1.54, 1.807) is 0 Å². The molecule has 1 aromatic rings. The Labute approximate surface area is 103 Å². The molecule has 1 aliphatic carbocycles. The van der Waals surface area contributed by atoms with E-state index in [-0.39, 0.29) is 0 Å². The van der Waals surface area contributed by atoms with E-state index in [9.17, 15) is 0 Å². The number of halogens is 1. The van der Waals surface area contributed by atoms with Gasteiger partial charge in [0.2, 0.25) is 0 Å². The minimum Gasteiger partial charge on any atom is -0.310 e. The molecule has 1 saturated carbocycles. The summed E-state index contributed by atoms with van der Waals surface area (Å²) < 4.78 is 0. The summed E-state index contributed by atoms with van der Waals surface area (Å²) in [5, 5.41) is 4.40. The van der Waals surface area contributed by atoms with Gasteiger partial charge in [0.15, 0.2) is 0 Å². The molecule has 0 unspecified atom stereocenters. The predicted molar refractivity (Wildman–Crippen MR) is 69.9 cm³/mol. The van der Waals surface area contributed by atoms with Crippen molar-refractivity contribution in [1.82, 2.24) is 5.32 Å². The first-order chi connectivity index (χ1) is 7.65. The molecule has 1 aromatic carbocycles. The van der Waals surface area contributed by atoms with Crippen molar-refractivity contribution in [3.63, 3.8) is 0 Å². The summed E-state index contributed by atoms with van der Waals surface area (Å²) >= 11 is 6.28. The van der Waals surface area contributed by atoms with Crippen LogP contribution in [0.15, 0.2) is 18.2 Å². The van der Waals surface area contributed by atoms with Gasteiger partial charge in [-0.05, 0) is 42.4 Å². The second-order valence-electron chi connectivity index (χ2n) is 5.18. The van der Waals surface area contributed by atoms with Gasteiger partial charge < -0.3 is 5.32 Å². The summed E-state index contributed by atoms with van der Waals surface area (Å²) in [5.74, 6) is 0.687. The maximum Gasteiger partial charge on any atom is 0.0453 e. The van der Waals surface area contributed by atoms with Crippen LogP contribution in [0.1, 0.15) is 37.8 Å². The van der Waals surface area contributed by atoms with Gasteiger partial charge in [-0.1, -0.05) is 37.6 Å². The zero-order valence-corrected chi connectivity index (χ0v) is 10.8. The lowest BCUT2D eigenvalue weighted by molar-refractivity contribution is 0.646. The Bertz CT molecular complexity index is 356. The van der Waals surface area contributed by atoms with Crippen molar-refractivity contribution < 1.29 is 0 Å². The Morgan fingerprint density at radius 3 is 2.69 bits per heavy atom. The van der Waals surface area contributed by atoms with E-state index in [1.165, 1.54) is 24.0 Å². The second kappa shape index (κ2) is 5.20. The fourth-order valence-corrected chi connectivity index (χ4v) is 2.14. The molecule has 88 valence electrons. The lowest BCUT2D eigenvalue weighted by Crippen LogP contribution is -2.15. The summed E-state index contributed by atoms with van der Waals surface area (Å²) in [7, 11) is 0. The lowest BCUT2D eigenvalue weighted by Gasteiger charge is -2.09. The van der Waals surface area contributed by atoms with Crippen molar-refractivity contribution in [2.75, 3.05) is 0 Å². The Balaban J connectivity index is 1.97. The molecule has 16 heavy (non-hydrogen) atoms. The van der Waals surface area contributed by atoms with Crippen molar-refractivity contribution in [3.05, 3.63) is 34.3 Å².